The molecule has 0 aliphatic heterocycles. The zero-order chi connectivity index (χ0) is 12.3. The minimum Gasteiger partial charge on any atom is -0.370 e. The zero-order valence-electron chi connectivity index (χ0n) is 11.0. The van der Waals surface area contributed by atoms with Crippen LogP contribution in [0.5, 0.6) is 0 Å². The van der Waals surface area contributed by atoms with Crippen LogP contribution in [0.3, 0.4) is 0 Å². The molecule has 18 heavy (non-hydrogen) atoms. The zero-order valence-corrected chi connectivity index (χ0v) is 13.3. The number of aliphatic imine (C=N–C) groups is 1. The molecule has 1 aliphatic carbocycles. The number of nitrogens with one attached hydrogen (secondary N) is 1. The van der Waals surface area contributed by atoms with Crippen LogP contribution in [0.4, 0.5) is 0 Å². The highest BCUT2D eigenvalue weighted by molar-refractivity contribution is 14.0. The first kappa shape index (κ1) is 15.3. The van der Waals surface area contributed by atoms with Crippen LogP contribution in [0.1, 0.15) is 37.3 Å². The van der Waals surface area contributed by atoms with Crippen molar-refractivity contribution in [1.29, 1.82) is 0 Å². The summed E-state index contributed by atoms with van der Waals surface area (Å²) in [6.45, 7) is 5.04. The van der Waals surface area contributed by atoms with Gasteiger partial charge < -0.3 is 11.1 Å². The molecule has 0 saturated carbocycles. The van der Waals surface area contributed by atoms with Crippen LogP contribution in [-0.4, -0.2) is 18.5 Å². The number of nitrogens with zero attached hydrogens (tertiary/aromatic N) is 1. The van der Waals surface area contributed by atoms with E-state index in [2.05, 4.69) is 48.4 Å². The summed E-state index contributed by atoms with van der Waals surface area (Å²) in [6.07, 6.45) is 2.19. The second-order valence-corrected chi connectivity index (χ2v) is 4.78. The Morgan fingerprint density at radius 3 is 2.89 bits per heavy atom. The molecule has 0 aromatic heterocycles. The van der Waals surface area contributed by atoms with Crippen LogP contribution in [0.25, 0.3) is 0 Å². The molecular weight excluding hydrogens is 337 g/mol. The van der Waals surface area contributed by atoms with Gasteiger partial charge in [-0.3, -0.25) is 4.99 Å². The average molecular weight is 359 g/mol. The lowest BCUT2D eigenvalue weighted by atomic mass is 9.78. The quantitative estimate of drug-likeness (QED) is 0.493. The average Bonchev–Trinajstić information content (AvgIpc) is 2.30. The SMILES string of the molecule is CCC(C)NC(N)=NCC1Cc2ccccc21.I. The molecule has 0 heterocycles. The maximum atomic E-state index is 5.84. The minimum atomic E-state index is 0. The van der Waals surface area contributed by atoms with Crippen molar-refractivity contribution >= 4 is 29.9 Å². The van der Waals surface area contributed by atoms with Gasteiger partial charge in [0.1, 0.15) is 0 Å². The largest absolute Gasteiger partial charge is 0.370 e. The molecule has 2 unspecified atom stereocenters. The highest BCUT2D eigenvalue weighted by Gasteiger charge is 2.24. The van der Waals surface area contributed by atoms with Crippen LogP contribution in [0.2, 0.25) is 0 Å². The third kappa shape index (κ3) is 3.60. The van der Waals surface area contributed by atoms with Gasteiger partial charge in [0.05, 0.1) is 0 Å². The molecule has 0 radical (unpaired) electrons. The third-order valence-corrected chi connectivity index (χ3v) is 3.45. The van der Waals surface area contributed by atoms with E-state index in [9.17, 15) is 0 Å². The summed E-state index contributed by atoms with van der Waals surface area (Å²) < 4.78 is 0. The van der Waals surface area contributed by atoms with E-state index < -0.39 is 0 Å². The Labute approximate surface area is 126 Å². The van der Waals surface area contributed by atoms with E-state index >= 15 is 0 Å². The van der Waals surface area contributed by atoms with Gasteiger partial charge in [0.2, 0.25) is 0 Å². The molecule has 3 nitrogen and oxygen atoms in total. The van der Waals surface area contributed by atoms with Crippen LogP contribution in [0, 0.1) is 0 Å². The molecule has 1 aromatic carbocycles. The lowest BCUT2D eigenvalue weighted by Gasteiger charge is -2.28. The number of rotatable bonds is 4. The van der Waals surface area contributed by atoms with Crippen molar-refractivity contribution in [1.82, 2.24) is 5.32 Å². The predicted molar refractivity (Wildman–Crippen MR) is 87.7 cm³/mol. The normalized spacial score (nSPS) is 19.2. The molecule has 1 aromatic rings. The summed E-state index contributed by atoms with van der Waals surface area (Å²) in [5.74, 6) is 1.13. The van der Waals surface area contributed by atoms with Crippen molar-refractivity contribution in [3.05, 3.63) is 35.4 Å². The molecule has 0 saturated heterocycles. The van der Waals surface area contributed by atoms with Crippen molar-refractivity contribution in [2.75, 3.05) is 6.54 Å². The van der Waals surface area contributed by atoms with E-state index in [0.717, 1.165) is 19.4 Å². The number of fused-ring (bicyclic) bond motifs is 1. The van der Waals surface area contributed by atoms with E-state index in [1.807, 2.05) is 0 Å². The van der Waals surface area contributed by atoms with E-state index in [-0.39, 0.29) is 24.0 Å². The lowest BCUT2D eigenvalue weighted by molar-refractivity contribution is 0.606. The van der Waals surface area contributed by atoms with E-state index in [1.54, 1.807) is 0 Å². The standard InChI is InChI=1S/C14H21N3.HI/c1-3-10(2)17-14(15)16-9-12-8-11-6-4-5-7-13(11)12;/h4-7,10,12H,3,8-9H2,1-2H3,(H3,15,16,17);1H. The van der Waals surface area contributed by atoms with Gasteiger partial charge in [-0.05, 0) is 30.9 Å². The second-order valence-electron chi connectivity index (χ2n) is 4.78. The van der Waals surface area contributed by atoms with Crippen LogP contribution in [0.15, 0.2) is 29.3 Å². The topological polar surface area (TPSA) is 50.4 Å². The summed E-state index contributed by atoms with van der Waals surface area (Å²) >= 11 is 0. The van der Waals surface area contributed by atoms with Crippen LogP contribution in [-0.2, 0) is 6.42 Å². The number of benzene rings is 1. The fourth-order valence-electron chi connectivity index (χ4n) is 2.13. The number of guanidine groups is 1. The molecule has 100 valence electrons. The highest BCUT2D eigenvalue weighted by Crippen LogP contribution is 2.34. The number of halogens is 1. The second kappa shape index (κ2) is 6.97. The number of hydrogen-bond acceptors (Lipinski definition) is 1. The van der Waals surface area contributed by atoms with E-state index in [0.29, 0.717) is 17.9 Å². The molecule has 0 spiro atoms. The predicted octanol–water partition coefficient (Wildman–Crippen LogP) is 2.65. The van der Waals surface area contributed by atoms with Gasteiger partial charge in [-0.2, -0.15) is 0 Å². The highest BCUT2D eigenvalue weighted by atomic mass is 127. The summed E-state index contributed by atoms with van der Waals surface area (Å²) in [5, 5.41) is 3.18. The molecule has 0 fully saturated rings. The molecule has 4 heteroatoms. The van der Waals surface area contributed by atoms with Gasteiger partial charge in [0.25, 0.3) is 0 Å². The molecule has 3 N–H and O–H groups in total. The number of nitrogens with two attached hydrogens (primary N) is 1. The van der Waals surface area contributed by atoms with Crippen molar-refractivity contribution in [3.63, 3.8) is 0 Å². The van der Waals surface area contributed by atoms with E-state index in [1.165, 1.54) is 11.1 Å². The van der Waals surface area contributed by atoms with Crippen molar-refractivity contribution in [2.24, 2.45) is 10.7 Å². The van der Waals surface area contributed by atoms with Crippen LogP contribution >= 0.6 is 24.0 Å². The Morgan fingerprint density at radius 2 is 2.22 bits per heavy atom. The first-order valence-electron chi connectivity index (χ1n) is 6.35. The fraction of sp³-hybridized carbons (Fsp3) is 0.500. The van der Waals surface area contributed by atoms with Gasteiger partial charge in [0, 0.05) is 18.5 Å². The third-order valence-electron chi connectivity index (χ3n) is 3.45. The van der Waals surface area contributed by atoms with Gasteiger partial charge in [-0.1, -0.05) is 31.2 Å². The number of hydrogen-bond donors (Lipinski definition) is 2. The smallest absolute Gasteiger partial charge is 0.188 e. The fourth-order valence-corrected chi connectivity index (χ4v) is 2.13. The van der Waals surface area contributed by atoms with Crippen molar-refractivity contribution in [2.45, 2.75) is 38.6 Å². The van der Waals surface area contributed by atoms with Crippen LogP contribution < -0.4 is 11.1 Å². The Bertz CT molecular complexity index is 417. The maximum Gasteiger partial charge on any atom is 0.188 e. The Hall–Kier alpha value is -0.780. The maximum absolute atomic E-state index is 5.84. The molecule has 0 amide bonds. The van der Waals surface area contributed by atoms with E-state index in [4.69, 9.17) is 5.73 Å². The minimum absolute atomic E-state index is 0. The summed E-state index contributed by atoms with van der Waals surface area (Å²) in [5.41, 5.74) is 8.73. The molecule has 0 bridgehead atoms. The Kier molecular flexibility index (Phi) is 5.91. The van der Waals surface area contributed by atoms with Gasteiger partial charge in [-0.15, -0.1) is 24.0 Å². The molecule has 2 atom stereocenters. The molecule has 1 aliphatic rings. The molecule has 2 rings (SSSR count). The van der Waals surface area contributed by atoms with Crippen molar-refractivity contribution in [3.8, 4) is 0 Å². The van der Waals surface area contributed by atoms with Gasteiger partial charge in [-0.25, -0.2) is 0 Å². The molecular formula is C14H22IN3. The first-order valence-corrected chi connectivity index (χ1v) is 6.35. The van der Waals surface area contributed by atoms with Gasteiger partial charge in [0.15, 0.2) is 5.96 Å². The summed E-state index contributed by atoms with van der Waals surface area (Å²) in [7, 11) is 0. The van der Waals surface area contributed by atoms with Crippen molar-refractivity contribution < 1.29 is 0 Å². The summed E-state index contributed by atoms with van der Waals surface area (Å²) in [4.78, 5) is 4.42. The van der Waals surface area contributed by atoms with Gasteiger partial charge >= 0.3 is 0 Å². The monoisotopic (exact) mass is 359 g/mol. The first-order chi connectivity index (χ1) is 8.20. The Morgan fingerprint density at radius 1 is 1.50 bits per heavy atom. The lowest BCUT2D eigenvalue weighted by Crippen LogP contribution is -2.38. The Balaban J connectivity index is 0.00000162. The summed E-state index contributed by atoms with van der Waals surface area (Å²) in [6, 6.07) is 8.97.